The van der Waals surface area contributed by atoms with Crippen LogP contribution >= 0.6 is 0 Å². The zero-order chi connectivity index (χ0) is 26.5. The topological polar surface area (TPSA) is 91.6 Å². The number of aliphatic carboxylic acids is 1. The number of carbonyl (C=O) groups is 2. The lowest BCUT2D eigenvalue weighted by Gasteiger charge is -2.32. The lowest BCUT2D eigenvalue weighted by atomic mass is 9.80. The van der Waals surface area contributed by atoms with E-state index in [4.69, 9.17) is 0 Å². The van der Waals surface area contributed by atoms with Crippen LogP contribution in [0.25, 0.3) is 11.3 Å². The summed E-state index contributed by atoms with van der Waals surface area (Å²) in [7, 11) is 0. The predicted octanol–water partition coefficient (Wildman–Crippen LogP) is 5.92. The van der Waals surface area contributed by atoms with E-state index in [-0.39, 0.29) is 23.3 Å². The van der Waals surface area contributed by atoms with Gasteiger partial charge in [0.15, 0.2) is 0 Å². The number of carboxylic acid groups (broad SMARTS) is 1. The Balaban J connectivity index is 1.52. The molecule has 0 aliphatic heterocycles. The first-order valence-corrected chi connectivity index (χ1v) is 14.1. The van der Waals surface area contributed by atoms with Gasteiger partial charge in [0.05, 0.1) is 17.1 Å². The van der Waals surface area contributed by atoms with E-state index in [2.05, 4.69) is 48.9 Å². The van der Waals surface area contributed by atoms with Crippen LogP contribution in [0.5, 0.6) is 0 Å². The third kappa shape index (κ3) is 5.36. The predicted molar refractivity (Wildman–Crippen MR) is 145 cm³/mol. The smallest absolute Gasteiger partial charge is 0.306 e. The molecule has 5 rings (SSSR count). The van der Waals surface area contributed by atoms with Crippen LogP contribution in [0.4, 0.5) is 0 Å². The molecule has 3 aliphatic rings. The molecule has 3 aliphatic carbocycles. The molecule has 1 amide bonds. The Morgan fingerprint density at radius 2 is 1.73 bits per heavy atom. The summed E-state index contributed by atoms with van der Waals surface area (Å²) < 4.78 is 2.33. The average molecular weight is 507 g/mol. The molecule has 0 saturated heterocycles. The van der Waals surface area contributed by atoms with Crippen molar-refractivity contribution in [2.24, 2.45) is 11.8 Å². The van der Waals surface area contributed by atoms with Crippen molar-refractivity contribution in [3.05, 3.63) is 46.6 Å². The van der Waals surface area contributed by atoms with E-state index < -0.39 is 11.6 Å². The van der Waals surface area contributed by atoms with Crippen molar-refractivity contribution in [3.63, 3.8) is 0 Å². The summed E-state index contributed by atoms with van der Waals surface area (Å²) in [5.41, 5.74) is 5.05. The molecule has 0 radical (unpaired) electrons. The fourth-order valence-electron chi connectivity index (χ4n) is 6.06. The molecule has 0 spiro atoms. The molecule has 6 heteroatoms. The molecule has 3 N–H and O–H groups in total. The number of carbonyl (C=O) groups excluding carboxylic acids is 1. The second-order valence-corrected chi connectivity index (χ2v) is 12.9. The van der Waals surface area contributed by atoms with Crippen LogP contribution in [0.1, 0.15) is 106 Å². The van der Waals surface area contributed by atoms with Crippen LogP contribution in [-0.2, 0) is 22.4 Å². The number of amides is 1. The fourth-order valence-corrected chi connectivity index (χ4v) is 6.06. The van der Waals surface area contributed by atoms with E-state index in [1.165, 1.54) is 37.7 Å². The summed E-state index contributed by atoms with van der Waals surface area (Å²) in [6, 6.07) is 8.44. The van der Waals surface area contributed by atoms with Crippen LogP contribution in [-0.4, -0.2) is 32.7 Å². The number of nitrogens with zero attached hydrogens (tertiary/aromatic N) is 1. The standard InChI is InChI=1S/C31H42N2O4/c1-19-26(28(34)32-25-14-22(15-25)29(35)36)17-27(33(19)18-20-8-6-5-7-9-20)21-12-23(30(2,3)4)16-24(13-21)31(37)10-11-31/h12-13,16-17,20,22,25,37H,5-11,14-15,18H2,1-4H3,(H,32,34)(H,35,36)/t22-,25-. The number of aliphatic hydroxyl groups is 1. The van der Waals surface area contributed by atoms with Crippen LogP contribution in [0.2, 0.25) is 0 Å². The second-order valence-electron chi connectivity index (χ2n) is 12.9. The van der Waals surface area contributed by atoms with Crippen LogP contribution in [0, 0.1) is 18.8 Å². The van der Waals surface area contributed by atoms with Gasteiger partial charge in [0.2, 0.25) is 0 Å². The summed E-state index contributed by atoms with van der Waals surface area (Å²) in [6.07, 6.45) is 8.80. The molecule has 2 aromatic rings. The van der Waals surface area contributed by atoms with Gasteiger partial charge in [-0.3, -0.25) is 9.59 Å². The number of carboxylic acids is 1. The molecule has 1 aromatic carbocycles. The molecular weight excluding hydrogens is 464 g/mol. The summed E-state index contributed by atoms with van der Waals surface area (Å²) in [5.74, 6) is -0.669. The van der Waals surface area contributed by atoms with Crippen LogP contribution in [0.3, 0.4) is 0 Å². The highest BCUT2D eigenvalue weighted by Crippen LogP contribution is 2.47. The van der Waals surface area contributed by atoms with Gasteiger partial charge in [0.25, 0.3) is 5.91 Å². The highest BCUT2D eigenvalue weighted by Gasteiger charge is 2.43. The van der Waals surface area contributed by atoms with Crippen LogP contribution in [0.15, 0.2) is 24.3 Å². The number of aromatic nitrogens is 1. The van der Waals surface area contributed by atoms with Gasteiger partial charge in [-0.15, -0.1) is 0 Å². The largest absolute Gasteiger partial charge is 0.481 e. The van der Waals surface area contributed by atoms with Crippen molar-refractivity contribution >= 4 is 11.9 Å². The van der Waals surface area contributed by atoms with E-state index in [0.717, 1.165) is 41.9 Å². The van der Waals surface area contributed by atoms with Crippen molar-refractivity contribution in [2.75, 3.05) is 0 Å². The van der Waals surface area contributed by atoms with Crippen LogP contribution < -0.4 is 5.32 Å². The van der Waals surface area contributed by atoms with Gasteiger partial charge in [0.1, 0.15) is 0 Å². The maximum absolute atomic E-state index is 13.4. The number of nitrogens with one attached hydrogen (secondary N) is 1. The first-order valence-electron chi connectivity index (χ1n) is 14.1. The zero-order valence-corrected chi connectivity index (χ0v) is 22.8. The molecule has 200 valence electrons. The Kier molecular flexibility index (Phi) is 6.76. The van der Waals surface area contributed by atoms with E-state index in [1.807, 2.05) is 13.0 Å². The van der Waals surface area contributed by atoms with Gasteiger partial charge in [-0.05, 0) is 91.7 Å². The molecular formula is C31H42N2O4. The van der Waals surface area contributed by atoms with Gasteiger partial charge >= 0.3 is 5.97 Å². The fraction of sp³-hybridized carbons (Fsp3) is 0.613. The lowest BCUT2D eigenvalue weighted by Crippen LogP contribution is -2.46. The third-order valence-corrected chi connectivity index (χ3v) is 8.95. The molecule has 0 bridgehead atoms. The van der Waals surface area contributed by atoms with Crippen molar-refractivity contribution in [3.8, 4) is 11.3 Å². The maximum atomic E-state index is 13.4. The van der Waals surface area contributed by atoms with Gasteiger partial charge in [-0.1, -0.05) is 46.1 Å². The summed E-state index contributed by atoms with van der Waals surface area (Å²) in [6.45, 7) is 9.51. The lowest BCUT2D eigenvalue weighted by molar-refractivity contribution is -0.145. The second kappa shape index (κ2) is 9.61. The average Bonchev–Trinajstić information content (AvgIpc) is 3.50. The molecule has 1 heterocycles. The number of hydrogen-bond acceptors (Lipinski definition) is 3. The zero-order valence-electron chi connectivity index (χ0n) is 22.8. The van der Waals surface area contributed by atoms with E-state index in [0.29, 0.717) is 24.3 Å². The summed E-state index contributed by atoms with van der Waals surface area (Å²) in [4.78, 5) is 24.6. The van der Waals surface area contributed by atoms with Gasteiger partial charge in [0, 0.05) is 24.0 Å². The highest BCUT2D eigenvalue weighted by molar-refractivity contribution is 5.97. The Morgan fingerprint density at radius 3 is 2.32 bits per heavy atom. The minimum absolute atomic E-state index is 0.0725. The number of rotatable bonds is 7. The SMILES string of the molecule is Cc1c(C(=O)N[C@H]2C[C@H](C(=O)O)C2)cc(-c2cc(C(C)(C)C)cc(C3(O)CC3)c2)n1CC1CCCCC1. The Morgan fingerprint density at radius 1 is 1.05 bits per heavy atom. The summed E-state index contributed by atoms with van der Waals surface area (Å²) in [5, 5.41) is 23.3. The molecule has 0 unspecified atom stereocenters. The normalized spacial score (nSPS) is 23.4. The monoisotopic (exact) mass is 506 g/mol. The molecule has 0 atom stereocenters. The Hall–Kier alpha value is -2.60. The van der Waals surface area contributed by atoms with E-state index >= 15 is 0 Å². The van der Waals surface area contributed by atoms with Crippen molar-refractivity contribution in [1.29, 1.82) is 0 Å². The molecule has 3 saturated carbocycles. The molecule has 1 aromatic heterocycles. The first-order chi connectivity index (χ1) is 17.4. The van der Waals surface area contributed by atoms with Crippen molar-refractivity contribution in [2.45, 2.75) is 109 Å². The number of hydrogen-bond donors (Lipinski definition) is 3. The minimum Gasteiger partial charge on any atom is -0.481 e. The maximum Gasteiger partial charge on any atom is 0.306 e. The Bertz CT molecular complexity index is 1170. The third-order valence-electron chi connectivity index (χ3n) is 8.95. The van der Waals surface area contributed by atoms with Crippen molar-refractivity contribution < 1.29 is 19.8 Å². The van der Waals surface area contributed by atoms with Gasteiger partial charge in [-0.25, -0.2) is 0 Å². The van der Waals surface area contributed by atoms with Crippen molar-refractivity contribution in [1.82, 2.24) is 9.88 Å². The highest BCUT2D eigenvalue weighted by atomic mass is 16.4. The number of benzene rings is 1. The molecule has 6 nitrogen and oxygen atoms in total. The first kappa shape index (κ1) is 26.0. The summed E-state index contributed by atoms with van der Waals surface area (Å²) >= 11 is 0. The van der Waals surface area contributed by atoms with Gasteiger partial charge < -0.3 is 20.1 Å². The molecule has 37 heavy (non-hydrogen) atoms. The minimum atomic E-state index is -0.783. The Labute approximate surface area is 220 Å². The quantitative estimate of drug-likeness (QED) is 0.435. The van der Waals surface area contributed by atoms with E-state index in [9.17, 15) is 19.8 Å². The van der Waals surface area contributed by atoms with E-state index in [1.54, 1.807) is 0 Å². The molecule has 3 fully saturated rings. The van der Waals surface area contributed by atoms with Gasteiger partial charge in [-0.2, -0.15) is 0 Å².